The summed E-state index contributed by atoms with van der Waals surface area (Å²) in [5.74, 6) is -3.86. The molecule has 4 rings (SSSR count). The Hall–Kier alpha value is -3.89. The van der Waals surface area contributed by atoms with Gasteiger partial charge >= 0.3 is 0 Å². The van der Waals surface area contributed by atoms with Crippen LogP contribution < -0.4 is 15.8 Å². The fourth-order valence-electron chi connectivity index (χ4n) is 2.83. The van der Waals surface area contributed by atoms with Crippen LogP contribution in [0.5, 0.6) is 11.6 Å². The minimum Gasteiger partial charge on any atom is -0.439 e. The first-order valence-corrected chi connectivity index (χ1v) is 8.62. The molecule has 0 amide bonds. The number of halogens is 4. The quantitative estimate of drug-likeness (QED) is 0.368. The van der Waals surface area contributed by atoms with Crippen LogP contribution in [0, 0.1) is 31.3 Å². The summed E-state index contributed by atoms with van der Waals surface area (Å²) in [6.07, 6.45) is 0. The van der Waals surface area contributed by atoms with Crippen molar-refractivity contribution in [2.24, 2.45) is 0 Å². The second-order valence-corrected chi connectivity index (χ2v) is 6.44. The average molecular weight is 418 g/mol. The predicted octanol–water partition coefficient (Wildman–Crippen LogP) is 4.71. The van der Waals surface area contributed by atoms with Crippen molar-refractivity contribution in [3.05, 3.63) is 59.0 Å². The molecule has 0 spiro atoms. The second kappa shape index (κ2) is 7.17. The lowest BCUT2D eigenvalue weighted by molar-refractivity contribution is 0.386. The number of nitrogens with two attached hydrogens (primary N) is 1. The largest absolute Gasteiger partial charge is 0.439 e. The fourth-order valence-corrected chi connectivity index (χ4v) is 2.83. The topological polar surface area (TPSA) is 90.9 Å². The number of nitrogens with one attached hydrogen (secondary N) is 1. The van der Waals surface area contributed by atoms with Gasteiger partial charge in [0.05, 0.1) is 0 Å². The fraction of sp³-hybridized carbons (Fsp3) is 0.105. The molecule has 11 heteroatoms. The van der Waals surface area contributed by atoms with Crippen LogP contribution in [-0.4, -0.2) is 19.7 Å². The molecule has 4 aromatic rings. The third kappa shape index (κ3) is 3.34. The Bertz CT molecular complexity index is 1250. The molecule has 0 unspecified atom stereocenters. The normalized spacial score (nSPS) is 11.1. The van der Waals surface area contributed by atoms with Crippen molar-refractivity contribution in [3.8, 4) is 11.6 Å². The Morgan fingerprint density at radius 3 is 2.33 bits per heavy atom. The number of rotatable bonds is 4. The zero-order chi connectivity index (χ0) is 21.6. The molecule has 0 saturated carbocycles. The molecule has 154 valence electrons. The molecule has 7 nitrogen and oxygen atoms in total. The molecule has 0 atom stereocenters. The van der Waals surface area contributed by atoms with Crippen molar-refractivity contribution in [1.29, 1.82) is 0 Å². The monoisotopic (exact) mass is 418 g/mol. The van der Waals surface area contributed by atoms with Gasteiger partial charge in [0.25, 0.3) is 0 Å². The van der Waals surface area contributed by atoms with Crippen LogP contribution in [0.15, 0.2) is 30.3 Å². The SMILES string of the molecule is Cc1cc(Oc2ccc(Nc3nc4c(F)c(F)c(C)c(F)c4n3F)cc2)nc(N)n1. The Morgan fingerprint density at radius 2 is 1.67 bits per heavy atom. The smallest absolute Gasteiger partial charge is 0.237 e. The number of anilines is 3. The van der Waals surface area contributed by atoms with E-state index < -0.39 is 40.0 Å². The zero-order valence-corrected chi connectivity index (χ0v) is 15.7. The molecule has 0 radical (unpaired) electrons. The molecule has 30 heavy (non-hydrogen) atoms. The summed E-state index contributed by atoms with van der Waals surface area (Å²) in [4.78, 5) is 11.4. The lowest BCUT2D eigenvalue weighted by atomic mass is 10.2. The van der Waals surface area contributed by atoms with Gasteiger partial charge in [-0.05, 0) is 38.1 Å². The van der Waals surface area contributed by atoms with Gasteiger partial charge in [-0.3, -0.25) is 0 Å². The molecular formula is C19H14F4N6O. The maximum atomic E-state index is 14.5. The minimum atomic E-state index is -1.42. The highest BCUT2D eigenvalue weighted by Gasteiger charge is 2.24. The minimum absolute atomic E-state index is 0.0660. The highest BCUT2D eigenvalue weighted by Crippen LogP contribution is 2.31. The third-order valence-electron chi connectivity index (χ3n) is 4.27. The van der Waals surface area contributed by atoms with Crippen LogP contribution in [-0.2, 0) is 0 Å². The summed E-state index contributed by atoms with van der Waals surface area (Å²) in [5.41, 5.74) is 4.37. The van der Waals surface area contributed by atoms with E-state index in [9.17, 15) is 17.7 Å². The van der Waals surface area contributed by atoms with Crippen LogP contribution >= 0.6 is 0 Å². The van der Waals surface area contributed by atoms with Gasteiger partial charge in [-0.25, -0.2) is 23.1 Å². The molecule has 0 aliphatic rings. The van der Waals surface area contributed by atoms with E-state index in [1.165, 1.54) is 12.1 Å². The Balaban J connectivity index is 1.60. The van der Waals surface area contributed by atoms with Crippen LogP contribution in [0.4, 0.5) is 35.2 Å². The second-order valence-electron chi connectivity index (χ2n) is 6.44. The highest BCUT2D eigenvalue weighted by molar-refractivity contribution is 5.81. The Morgan fingerprint density at radius 1 is 0.967 bits per heavy atom. The molecular weight excluding hydrogens is 404 g/mol. The summed E-state index contributed by atoms with van der Waals surface area (Å²) in [6, 6.07) is 7.73. The third-order valence-corrected chi connectivity index (χ3v) is 4.27. The van der Waals surface area contributed by atoms with Crippen molar-refractivity contribution in [2.75, 3.05) is 11.1 Å². The van der Waals surface area contributed by atoms with E-state index in [-0.39, 0.29) is 16.6 Å². The molecule has 2 aromatic carbocycles. The van der Waals surface area contributed by atoms with Gasteiger partial charge in [0.15, 0.2) is 17.5 Å². The predicted molar refractivity (Wildman–Crippen MR) is 102 cm³/mol. The van der Waals surface area contributed by atoms with Crippen LogP contribution in [0.25, 0.3) is 11.0 Å². The van der Waals surface area contributed by atoms with Gasteiger partial charge in [0.2, 0.25) is 17.8 Å². The lowest BCUT2D eigenvalue weighted by Crippen LogP contribution is -1.99. The summed E-state index contributed by atoms with van der Waals surface area (Å²) in [7, 11) is 0. The number of imidazole rings is 1. The first-order chi connectivity index (χ1) is 14.2. The van der Waals surface area contributed by atoms with Crippen molar-refractivity contribution in [2.45, 2.75) is 13.8 Å². The maximum Gasteiger partial charge on any atom is 0.237 e. The van der Waals surface area contributed by atoms with E-state index in [1.54, 1.807) is 25.1 Å². The lowest BCUT2D eigenvalue weighted by Gasteiger charge is -2.08. The number of ether oxygens (including phenoxy) is 1. The molecule has 0 aliphatic heterocycles. The number of aryl methyl sites for hydroxylation is 1. The summed E-state index contributed by atoms with van der Waals surface area (Å²) < 4.78 is 62.1. The zero-order valence-electron chi connectivity index (χ0n) is 15.7. The van der Waals surface area contributed by atoms with Crippen LogP contribution in [0.1, 0.15) is 11.3 Å². The molecule has 0 fully saturated rings. The van der Waals surface area contributed by atoms with Gasteiger partial charge in [-0.1, -0.05) is 4.48 Å². The number of benzene rings is 2. The number of fused-ring (bicyclic) bond motifs is 1. The molecule has 0 bridgehead atoms. The van der Waals surface area contributed by atoms with Crippen LogP contribution in [0.3, 0.4) is 0 Å². The van der Waals surface area contributed by atoms with E-state index in [2.05, 4.69) is 20.3 Å². The summed E-state index contributed by atoms with van der Waals surface area (Å²) in [6.45, 7) is 2.75. The number of hydrogen-bond donors (Lipinski definition) is 2. The molecule has 2 heterocycles. The Kier molecular flexibility index (Phi) is 4.65. The van der Waals surface area contributed by atoms with Crippen molar-refractivity contribution >= 4 is 28.6 Å². The molecule has 0 aliphatic carbocycles. The van der Waals surface area contributed by atoms with Crippen molar-refractivity contribution < 1.29 is 22.4 Å². The van der Waals surface area contributed by atoms with Gasteiger partial charge < -0.3 is 15.8 Å². The number of aromatic nitrogens is 4. The maximum absolute atomic E-state index is 14.5. The van der Waals surface area contributed by atoms with Gasteiger partial charge in [-0.2, -0.15) is 4.98 Å². The first-order valence-electron chi connectivity index (χ1n) is 8.62. The molecule has 0 saturated heterocycles. The first kappa shape index (κ1) is 19.4. The van der Waals surface area contributed by atoms with E-state index in [1.807, 2.05) is 0 Å². The van der Waals surface area contributed by atoms with E-state index in [0.29, 0.717) is 17.1 Å². The summed E-state index contributed by atoms with van der Waals surface area (Å²) >= 11 is 0. The van der Waals surface area contributed by atoms with Gasteiger partial charge in [-0.15, -0.1) is 4.79 Å². The number of nitrogens with zero attached hydrogens (tertiary/aromatic N) is 4. The standard InChI is InChI=1S/C19H14F4N6O/c1-8-7-12(27-18(24)25-8)30-11-5-3-10(4-6-11)26-19-28-16-15(22)13(20)9(2)14(21)17(16)29(19)23/h3-7H,1-2H3,(H,26,28)(H2,24,25,27). The summed E-state index contributed by atoms with van der Waals surface area (Å²) in [5, 5.41) is 2.58. The van der Waals surface area contributed by atoms with Crippen LogP contribution in [0.2, 0.25) is 0 Å². The molecule has 2 aromatic heterocycles. The van der Waals surface area contributed by atoms with E-state index in [4.69, 9.17) is 10.5 Å². The Labute approximate surface area is 167 Å². The van der Waals surface area contributed by atoms with Crippen molar-refractivity contribution in [3.63, 3.8) is 0 Å². The van der Waals surface area contributed by atoms with Gasteiger partial charge in [0.1, 0.15) is 16.8 Å². The molecule has 3 N–H and O–H groups in total. The highest BCUT2D eigenvalue weighted by atomic mass is 19.2. The average Bonchev–Trinajstić information content (AvgIpc) is 3.02. The number of hydrogen-bond acceptors (Lipinski definition) is 6. The van der Waals surface area contributed by atoms with Gasteiger partial charge in [0, 0.05) is 23.0 Å². The van der Waals surface area contributed by atoms with Crippen molar-refractivity contribution in [1.82, 2.24) is 19.7 Å². The number of nitrogen functional groups attached to an aromatic ring is 1. The van der Waals surface area contributed by atoms with E-state index in [0.717, 1.165) is 6.92 Å². The van der Waals surface area contributed by atoms with E-state index >= 15 is 0 Å².